The van der Waals surface area contributed by atoms with E-state index >= 15 is 0 Å². The lowest BCUT2D eigenvalue weighted by atomic mass is 9.60. The Labute approximate surface area is 255 Å². The Morgan fingerprint density at radius 1 is 0.605 bits per heavy atom. The minimum absolute atomic E-state index is 0.0818. The second-order valence-corrected chi connectivity index (χ2v) is 12.0. The van der Waals surface area contributed by atoms with Crippen LogP contribution in [0.4, 0.5) is 0 Å². The van der Waals surface area contributed by atoms with Crippen LogP contribution < -0.4 is 0 Å². The van der Waals surface area contributed by atoms with Crippen LogP contribution in [0.25, 0.3) is 39.5 Å². The maximum Gasteiger partial charge on any atom is 0.160 e. The van der Waals surface area contributed by atoms with Crippen LogP contribution in [0.2, 0.25) is 0 Å². The molecule has 2 heterocycles. The summed E-state index contributed by atoms with van der Waals surface area (Å²) in [4.78, 5) is 14.7. The van der Waals surface area contributed by atoms with Crippen LogP contribution in [0.3, 0.4) is 0 Å². The van der Waals surface area contributed by atoms with Crippen molar-refractivity contribution in [1.29, 1.82) is 0 Å². The smallest absolute Gasteiger partial charge is 0.160 e. The molecule has 0 radical (unpaired) electrons. The third kappa shape index (κ3) is 5.48. The van der Waals surface area contributed by atoms with Crippen LogP contribution in [0.1, 0.15) is 56.7 Å². The van der Waals surface area contributed by atoms with Crippen molar-refractivity contribution < 1.29 is 0 Å². The zero-order valence-corrected chi connectivity index (χ0v) is 24.8. The van der Waals surface area contributed by atoms with Gasteiger partial charge in [0.25, 0.3) is 0 Å². The van der Waals surface area contributed by atoms with Crippen molar-refractivity contribution >= 4 is 5.57 Å². The van der Waals surface area contributed by atoms with Gasteiger partial charge in [0.1, 0.15) is 0 Å². The molecule has 1 saturated carbocycles. The molecular weight excluding hydrogens is 522 g/mol. The summed E-state index contributed by atoms with van der Waals surface area (Å²) in [6.45, 7) is 2.41. The molecule has 2 aliphatic carbocycles. The molecule has 1 fully saturated rings. The zero-order valence-electron chi connectivity index (χ0n) is 24.8. The lowest BCUT2D eigenvalue weighted by Gasteiger charge is -2.44. The number of hydrogen-bond acceptors (Lipinski definition) is 3. The second-order valence-electron chi connectivity index (χ2n) is 12.0. The van der Waals surface area contributed by atoms with Crippen molar-refractivity contribution in [3.05, 3.63) is 144 Å². The van der Waals surface area contributed by atoms with E-state index in [1.807, 2.05) is 36.5 Å². The van der Waals surface area contributed by atoms with E-state index in [1.165, 1.54) is 43.2 Å². The molecule has 0 bridgehead atoms. The van der Waals surface area contributed by atoms with Gasteiger partial charge in [-0.25, -0.2) is 9.97 Å². The summed E-state index contributed by atoms with van der Waals surface area (Å²) in [5.74, 6) is 1.23. The van der Waals surface area contributed by atoms with Crippen molar-refractivity contribution in [1.82, 2.24) is 15.0 Å². The molecule has 0 saturated heterocycles. The van der Waals surface area contributed by atoms with Gasteiger partial charge in [-0.15, -0.1) is 0 Å². The normalized spacial score (nSPS) is 18.0. The molecule has 1 unspecified atom stereocenters. The number of benzene rings is 3. The largest absolute Gasteiger partial charge is 0.257 e. The first-order chi connectivity index (χ1) is 21.2. The fourth-order valence-corrected chi connectivity index (χ4v) is 7.16. The average Bonchev–Trinajstić information content (AvgIpc) is 3.09. The van der Waals surface area contributed by atoms with E-state index in [-0.39, 0.29) is 5.41 Å². The fourth-order valence-electron chi connectivity index (χ4n) is 7.16. The number of rotatable bonds is 6. The van der Waals surface area contributed by atoms with Gasteiger partial charge in [-0.05, 0) is 54.5 Å². The highest BCUT2D eigenvalue weighted by atomic mass is 14.9. The van der Waals surface area contributed by atoms with Gasteiger partial charge in [-0.2, -0.15) is 0 Å². The highest BCUT2D eigenvalue weighted by Gasteiger charge is 2.40. The Morgan fingerprint density at radius 2 is 1.23 bits per heavy atom. The van der Waals surface area contributed by atoms with Crippen LogP contribution in [-0.2, 0) is 5.41 Å². The summed E-state index contributed by atoms with van der Waals surface area (Å²) in [7, 11) is 0. The molecule has 7 rings (SSSR count). The Morgan fingerprint density at radius 3 is 1.86 bits per heavy atom. The van der Waals surface area contributed by atoms with E-state index < -0.39 is 0 Å². The number of allylic oxidation sites excluding steroid dienone is 4. The lowest BCUT2D eigenvalue weighted by molar-refractivity contribution is 0.316. The second kappa shape index (κ2) is 11.9. The van der Waals surface area contributed by atoms with E-state index in [4.69, 9.17) is 9.97 Å². The number of nitrogens with zero attached hydrogens (tertiary/aromatic N) is 3. The third-order valence-corrected chi connectivity index (χ3v) is 9.34. The van der Waals surface area contributed by atoms with Gasteiger partial charge in [-0.3, -0.25) is 4.98 Å². The minimum Gasteiger partial charge on any atom is -0.257 e. The van der Waals surface area contributed by atoms with Crippen molar-refractivity contribution in [2.45, 2.75) is 50.9 Å². The van der Waals surface area contributed by atoms with Crippen molar-refractivity contribution in [3.63, 3.8) is 0 Å². The number of aromatic nitrogens is 3. The topological polar surface area (TPSA) is 38.7 Å². The van der Waals surface area contributed by atoms with Gasteiger partial charge < -0.3 is 0 Å². The Kier molecular flexibility index (Phi) is 7.55. The third-order valence-electron chi connectivity index (χ3n) is 9.34. The molecule has 1 atom stereocenters. The molecule has 0 spiro atoms. The van der Waals surface area contributed by atoms with Crippen molar-refractivity contribution in [2.24, 2.45) is 5.92 Å². The summed E-state index contributed by atoms with van der Waals surface area (Å²) in [6, 6.07) is 38.3. The van der Waals surface area contributed by atoms with Crippen LogP contribution >= 0.6 is 0 Å². The van der Waals surface area contributed by atoms with E-state index in [1.54, 1.807) is 5.57 Å². The van der Waals surface area contributed by atoms with Crippen LogP contribution in [0.5, 0.6) is 0 Å². The predicted octanol–water partition coefficient (Wildman–Crippen LogP) is 10.1. The number of hydrogen-bond donors (Lipinski definition) is 0. The summed E-state index contributed by atoms with van der Waals surface area (Å²) in [5, 5.41) is 0. The Balaban J connectivity index is 1.27. The average molecular weight is 560 g/mol. The van der Waals surface area contributed by atoms with Crippen LogP contribution in [-0.4, -0.2) is 15.0 Å². The molecule has 212 valence electrons. The summed E-state index contributed by atoms with van der Waals surface area (Å²) in [6.07, 6.45) is 14.0. The summed E-state index contributed by atoms with van der Waals surface area (Å²) in [5.41, 5.74) is 10.7. The molecular formula is C40H37N3. The zero-order chi connectivity index (χ0) is 29.1. The van der Waals surface area contributed by atoms with Gasteiger partial charge in [-0.1, -0.05) is 135 Å². The number of pyridine rings is 1. The van der Waals surface area contributed by atoms with E-state index in [0.29, 0.717) is 5.92 Å². The van der Waals surface area contributed by atoms with Crippen molar-refractivity contribution in [2.75, 3.05) is 0 Å². The SMILES string of the molecule is CC1CC(c2ccccn2)=CC=C1C1(c2ccc(-c3cc(-c4ccccc4)nc(-c4ccccc4)n3)cc2)CCCCC1. The van der Waals surface area contributed by atoms with Gasteiger partial charge >= 0.3 is 0 Å². The molecule has 0 N–H and O–H groups in total. The molecule has 0 aliphatic heterocycles. The summed E-state index contributed by atoms with van der Waals surface area (Å²) >= 11 is 0. The minimum atomic E-state index is 0.0818. The van der Waals surface area contributed by atoms with Crippen LogP contribution in [0, 0.1) is 5.92 Å². The van der Waals surface area contributed by atoms with Crippen molar-refractivity contribution in [3.8, 4) is 33.9 Å². The van der Waals surface area contributed by atoms with E-state index in [2.05, 4.69) is 103 Å². The molecule has 2 aromatic heterocycles. The van der Waals surface area contributed by atoms with Gasteiger partial charge in [0.2, 0.25) is 0 Å². The van der Waals surface area contributed by atoms with Gasteiger partial charge in [0.05, 0.1) is 17.1 Å². The molecule has 3 nitrogen and oxygen atoms in total. The Bertz CT molecular complexity index is 1690. The first kappa shape index (κ1) is 27.2. The standard InChI is InChI=1S/C40H37N3/c1-29-27-33(36-17-9-12-26-41-36)20-23-35(29)40(24-10-4-11-25-40)34-21-18-31(19-22-34)38-28-37(30-13-5-2-6-14-30)42-39(43-38)32-15-7-3-8-16-32/h2-3,5-9,12-23,26,28-29H,4,10-11,24-25,27H2,1H3. The van der Waals surface area contributed by atoms with E-state index in [9.17, 15) is 0 Å². The quantitative estimate of drug-likeness (QED) is 0.208. The monoisotopic (exact) mass is 559 g/mol. The van der Waals surface area contributed by atoms with Gasteiger partial charge in [0.15, 0.2) is 5.82 Å². The molecule has 0 amide bonds. The molecule has 3 heteroatoms. The maximum atomic E-state index is 5.06. The molecule has 43 heavy (non-hydrogen) atoms. The first-order valence-corrected chi connectivity index (χ1v) is 15.6. The highest BCUT2D eigenvalue weighted by Crippen LogP contribution is 2.50. The summed E-state index contributed by atoms with van der Waals surface area (Å²) < 4.78 is 0. The Hall–Kier alpha value is -4.63. The fraction of sp³-hybridized carbons (Fsp3) is 0.225. The molecule has 2 aliphatic rings. The van der Waals surface area contributed by atoms with Gasteiger partial charge in [0, 0.05) is 28.3 Å². The maximum absolute atomic E-state index is 5.06. The predicted molar refractivity (Wildman–Crippen MR) is 177 cm³/mol. The highest BCUT2D eigenvalue weighted by molar-refractivity contribution is 5.72. The van der Waals surface area contributed by atoms with E-state index in [0.717, 1.165) is 46.0 Å². The molecule has 3 aromatic carbocycles. The van der Waals surface area contributed by atoms with Crippen LogP contribution in [0.15, 0.2) is 133 Å². The molecule has 5 aromatic rings. The lowest BCUT2D eigenvalue weighted by Crippen LogP contribution is -2.34. The first-order valence-electron chi connectivity index (χ1n) is 15.6.